The summed E-state index contributed by atoms with van der Waals surface area (Å²) in [5, 5.41) is 23.1. The van der Waals surface area contributed by atoms with Crippen LogP contribution >= 0.6 is 0 Å². The van der Waals surface area contributed by atoms with Crippen LogP contribution in [0.1, 0.15) is 245 Å². The Morgan fingerprint density at radius 3 is 1.12 bits per heavy atom. The van der Waals surface area contributed by atoms with Crippen molar-refractivity contribution in [2.24, 2.45) is 0 Å². The van der Waals surface area contributed by atoms with Crippen molar-refractivity contribution in [1.82, 2.24) is 5.32 Å². The molecule has 336 valence electrons. The van der Waals surface area contributed by atoms with Crippen LogP contribution < -0.4 is 5.32 Å². The second kappa shape index (κ2) is 49.2. The molecule has 0 heterocycles. The van der Waals surface area contributed by atoms with Crippen LogP contribution in [0.25, 0.3) is 0 Å². The van der Waals surface area contributed by atoms with Crippen LogP contribution in [-0.4, -0.2) is 34.9 Å². The summed E-state index contributed by atoms with van der Waals surface area (Å²) in [6.45, 7) is 4.29. The molecule has 1 amide bonds. The van der Waals surface area contributed by atoms with Crippen LogP contribution in [0, 0.1) is 0 Å². The highest BCUT2D eigenvalue weighted by Gasteiger charge is 2.17. The van der Waals surface area contributed by atoms with E-state index in [2.05, 4.69) is 79.9 Å². The van der Waals surface area contributed by atoms with E-state index < -0.39 is 12.1 Å². The summed E-state index contributed by atoms with van der Waals surface area (Å²) in [7, 11) is 0. The highest BCUT2D eigenvalue weighted by molar-refractivity contribution is 5.76. The van der Waals surface area contributed by atoms with Gasteiger partial charge in [-0.15, -0.1) is 0 Å². The largest absolute Gasteiger partial charge is 0.394 e. The van der Waals surface area contributed by atoms with Gasteiger partial charge in [-0.25, -0.2) is 0 Å². The molecule has 0 fully saturated rings. The summed E-state index contributed by atoms with van der Waals surface area (Å²) >= 11 is 0. The number of aliphatic hydroxyl groups is 2. The number of allylic oxidation sites excluding steroid dienone is 11. The summed E-state index contributed by atoms with van der Waals surface area (Å²) in [6, 6.07) is -0.651. The van der Waals surface area contributed by atoms with Gasteiger partial charge < -0.3 is 15.5 Å². The number of carbonyl (C=O) groups excluding carboxylic acids is 1. The predicted octanol–water partition coefficient (Wildman–Crippen LogP) is 16.2. The summed E-state index contributed by atoms with van der Waals surface area (Å²) < 4.78 is 0. The molecule has 58 heavy (non-hydrogen) atoms. The summed E-state index contributed by atoms with van der Waals surface area (Å²) in [4.78, 5) is 12.4. The van der Waals surface area contributed by atoms with Gasteiger partial charge in [-0.2, -0.15) is 0 Å². The van der Waals surface area contributed by atoms with Gasteiger partial charge in [-0.05, 0) is 83.5 Å². The first kappa shape index (κ1) is 55.8. The normalized spacial score (nSPS) is 13.5. The van der Waals surface area contributed by atoms with E-state index in [1.807, 2.05) is 6.08 Å². The van der Waals surface area contributed by atoms with Gasteiger partial charge in [0.15, 0.2) is 0 Å². The Bertz CT molecular complexity index is 1010. The third-order valence-corrected chi connectivity index (χ3v) is 11.1. The number of hydrogen-bond donors (Lipinski definition) is 3. The second-order valence-corrected chi connectivity index (χ2v) is 16.9. The Morgan fingerprint density at radius 1 is 0.414 bits per heavy atom. The maximum absolute atomic E-state index is 12.4. The third kappa shape index (κ3) is 44.9. The van der Waals surface area contributed by atoms with Gasteiger partial charge in [-0.1, -0.05) is 228 Å². The van der Waals surface area contributed by atoms with E-state index in [9.17, 15) is 15.0 Å². The lowest BCUT2D eigenvalue weighted by molar-refractivity contribution is -0.123. The summed E-state index contributed by atoms with van der Waals surface area (Å²) in [5.74, 6) is -0.0832. The molecular weight excluding hydrogens is 711 g/mol. The van der Waals surface area contributed by atoms with Crippen LogP contribution in [-0.2, 0) is 4.79 Å². The van der Waals surface area contributed by atoms with E-state index in [-0.39, 0.29) is 12.5 Å². The molecule has 2 unspecified atom stereocenters. The van der Waals surface area contributed by atoms with Crippen molar-refractivity contribution in [3.8, 4) is 0 Å². The molecule has 2 atom stereocenters. The maximum Gasteiger partial charge on any atom is 0.220 e. The fraction of sp³-hybridized carbons (Fsp3) is 0.759. The molecule has 0 aliphatic rings. The van der Waals surface area contributed by atoms with Gasteiger partial charge in [-0.3, -0.25) is 4.79 Å². The molecule has 0 aliphatic carbocycles. The third-order valence-electron chi connectivity index (χ3n) is 11.1. The highest BCUT2D eigenvalue weighted by Crippen LogP contribution is 2.14. The van der Waals surface area contributed by atoms with Crippen molar-refractivity contribution in [2.45, 2.75) is 257 Å². The molecule has 0 aromatic heterocycles. The first-order chi connectivity index (χ1) is 28.7. The molecule has 0 aromatic carbocycles. The van der Waals surface area contributed by atoms with Crippen molar-refractivity contribution in [1.29, 1.82) is 0 Å². The van der Waals surface area contributed by atoms with Crippen LogP contribution in [0.4, 0.5) is 0 Å². The highest BCUT2D eigenvalue weighted by atomic mass is 16.3. The van der Waals surface area contributed by atoms with Crippen LogP contribution in [0.15, 0.2) is 72.9 Å². The van der Waals surface area contributed by atoms with Gasteiger partial charge in [0.05, 0.1) is 18.8 Å². The number of rotatable bonds is 45. The first-order valence-corrected chi connectivity index (χ1v) is 25.2. The fourth-order valence-electron chi connectivity index (χ4n) is 7.28. The van der Waals surface area contributed by atoms with Crippen LogP contribution in [0.5, 0.6) is 0 Å². The van der Waals surface area contributed by atoms with E-state index >= 15 is 0 Å². The Kier molecular flexibility index (Phi) is 47.4. The molecule has 0 saturated heterocycles. The lowest BCUT2D eigenvalue weighted by atomic mass is 10.0. The number of hydrogen-bond acceptors (Lipinski definition) is 3. The van der Waals surface area contributed by atoms with Gasteiger partial charge >= 0.3 is 0 Å². The van der Waals surface area contributed by atoms with E-state index in [4.69, 9.17) is 0 Å². The van der Waals surface area contributed by atoms with E-state index in [1.165, 1.54) is 173 Å². The Morgan fingerprint density at radius 2 is 0.724 bits per heavy atom. The number of unbranched alkanes of at least 4 members (excludes halogenated alkanes) is 28. The lowest BCUT2D eigenvalue weighted by Crippen LogP contribution is -2.45. The van der Waals surface area contributed by atoms with Gasteiger partial charge in [0.25, 0.3) is 0 Å². The van der Waals surface area contributed by atoms with Gasteiger partial charge in [0, 0.05) is 6.42 Å². The zero-order valence-electron chi connectivity index (χ0n) is 38.5. The molecule has 4 heteroatoms. The predicted molar refractivity (Wildman–Crippen MR) is 257 cm³/mol. The zero-order chi connectivity index (χ0) is 42.1. The first-order valence-electron chi connectivity index (χ1n) is 25.2. The quantitative estimate of drug-likeness (QED) is 0.0424. The molecule has 0 rings (SSSR count). The van der Waals surface area contributed by atoms with Gasteiger partial charge in [0.2, 0.25) is 5.91 Å². The van der Waals surface area contributed by atoms with E-state index in [0.29, 0.717) is 6.42 Å². The average Bonchev–Trinajstić information content (AvgIpc) is 3.23. The smallest absolute Gasteiger partial charge is 0.220 e. The molecule has 4 nitrogen and oxygen atoms in total. The number of amides is 1. The Balaban J connectivity index is 3.63. The average molecular weight is 808 g/mol. The minimum Gasteiger partial charge on any atom is -0.394 e. The number of carbonyl (C=O) groups is 1. The minimum absolute atomic E-state index is 0.0832. The van der Waals surface area contributed by atoms with Crippen LogP contribution in [0.2, 0.25) is 0 Å². The minimum atomic E-state index is -0.876. The van der Waals surface area contributed by atoms with E-state index in [1.54, 1.807) is 6.08 Å². The Labute approximate surface area is 361 Å². The molecule has 0 spiro atoms. The second-order valence-electron chi connectivity index (χ2n) is 16.9. The summed E-state index contributed by atoms with van der Waals surface area (Å²) in [5.41, 5.74) is 0. The monoisotopic (exact) mass is 808 g/mol. The Hall–Kier alpha value is -2.17. The standard InChI is InChI=1S/C54H97NO3/c1-3-5-7-9-11-13-15-17-19-21-23-25-26-27-28-30-32-34-36-38-40-42-44-46-48-50-54(58)55-52(51-56)53(57)49-47-45-43-41-39-37-35-33-31-29-24-22-20-18-16-14-12-10-8-6-4-2/h15,17,21,23,26-27,31,33,39,41,47,49,52-53,56-57H,3-14,16,18-20,22,24-25,28-30,32,34-38,40,42-46,48,50-51H2,1-2H3,(H,55,58)/b17-15-,23-21-,27-26-,33-31+,41-39+,49-47+. The van der Waals surface area contributed by atoms with Crippen molar-refractivity contribution < 1.29 is 15.0 Å². The molecule has 0 bridgehead atoms. The van der Waals surface area contributed by atoms with Crippen molar-refractivity contribution in [3.05, 3.63) is 72.9 Å². The summed E-state index contributed by atoms with van der Waals surface area (Å²) in [6.07, 6.45) is 70.3. The molecule has 0 aliphatic heterocycles. The van der Waals surface area contributed by atoms with Gasteiger partial charge in [0.1, 0.15) is 0 Å². The van der Waals surface area contributed by atoms with Crippen LogP contribution in [0.3, 0.4) is 0 Å². The zero-order valence-corrected chi connectivity index (χ0v) is 38.5. The SMILES string of the molecule is CCCCCCC/C=C\C/C=C\C/C=C\CCCCCCCCCCCCC(=O)NC(CO)C(O)/C=C/CC/C=C/CC/C=C/CCCCCCCCCCCCC. The fourth-order valence-corrected chi connectivity index (χ4v) is 7.28. The van der Waals surface area contributed by atoms with E-state index in [0.717, 1.165) is 51.4 Å². The molecule has 3 N–H and O–H groups in total. The lowest BCUT2D eigenvalue weighted by Gasteiger charge is -2.19. The van der Waals surface area contributed by atoms with Crippen molar-refractivity contribution in [3.63, 3.8) is 0 Å². The molecular formula is C54H97NO3. The molecule has 0 aromatic rings. The molecule has 0 saturated carbocycles. The maximum atomic E-state index is 12.4. The topological polar surface area (TPSA) is 69.6 Å². The molecule has 0 radical (unpaired) electrons. The number of nitrogens with one attached hydrogen (secondary N) is 1. The van der Waals surface area contributed by atoms with Crippen molar-refractivity contribution >= 4 is 5.91 Å². The number of aliphatic hydroxyl groups excluding tert-OH is 2. The van der Waals surface area contributed by atoms with Crippen molar-refractivity contribution in [2.75, 3.05) is 6.61 Å².